The molecule has 0 aliphatic carbocycles. The average molecular weight is 825 g/mol. The lowest BCUT2D eigenvalue weighted by atomic mass is 10.1. The van der Waals surface area contributed by atoms with Crippen LogP contribution in [0, 0.1) is 11.8 Å². The maximum atomic E-state index is 12.3. The number of nitrogens with zero attached hydrogens (tertiary/aromatic N) is 10. The number of anilines is 4. The van der Waals surface area contributed by atoms with Crippen molar-refractivity contribution in [3.05, 3.63) is 140 Å². The van der Waals surface area contributed by atoms with Crippen molar-refractivity contribution in [3.63, 3.8) is 0 Å². The zero-order chi connectivity index (χ0) is 43.7. The van der Waals surface area contributed by atoms with E-state index >= 15 is 0 Å². The summed E-state index contributed by atoms with van der Waals surface area (Å²) in [6, 6.07) is 18.3. The summed E-state index contributed by atoms with van der Waals surface area (Å²) in [5.74, 6) is 7.32. The lowest BCUT2D eigenvalue weighted by molar-refractivity contribution is -0.112. The number of carbonyl (C=O) groups is 2. The van der Waals surface area contributed by atoms with E-state index in [9.17, 15) is 9.59 Å². The number of amides is 2. The molecule has 8 aromatic rings. The average Bonchev–Trinajstić information content (AvgIpc) is 3.86. The molecule has 4 N–H and O–H groups in total. The largest absolute Gasteiger partial charge is 0.364 e. The van der Waals surface area contributed by atoms with Crippen LogP contribution < -0.4 is 21.3 Å². The zero-order valence-electron chi connectivity index (χ0n) is 35.0. The van der Waals surface area contributed by atoms with Crippen LogP contribution in [-0.2, 0) is 9.59 Å². The van der Waals surface area contributed by atoms with Crippen LogP contribution in [0.25, 0.3) is 39.8 Å². The number of hydrogen-bond acceptors (Lipinski definition) is 12. The molecule has 0 saturated heterocycles. The van der Waals surface area contributed by atoms with Gasteiger partial charge in [-0.05, 0) is 108 Å². The van der Waals surface area contributed by atoms with Gasteiger partial charge in [0.2, 0.25) is 5.91 Å². The SMILES string of the molecule is CC(C)(C)Nc1cncc(-n2cnc3ccc(NC(=O)/C=C\c4cccnc4)cc32)n1.CC(C)(C)Nc1cncc(-n2cnc3ccc(NC(=O)C#Cc4cccnc4)cc32)n1. The zero-order valence-corrected chi connectivity index (χ0v) is 35.0. The van der Waals surface area contributed by atoms with Gasteiger partial charge >= 0.3 is 5.91 Å². The van der Waals surface area contributed by atoms with Crippen molar-refractivity contribution < 1.29 is 9.59 Å². The summed E-state index contributed by atoms with van der Waals surface area (Å²) < 4.78 is 3.67. The third-order valence-corrected chi connectivity index (χ3v) is 8.46. The van der Waals surface area contributed by atoms with E-state index in [1.807, 2.05) is 51.6 Å². The predicted molar refractivity (Wildman–Crippen MR) is 242 cm³/mol. The first-order chi connectivity index (χ1) is 29.7. The van der Waals surface area contributed by atoms with E-state index in [1.54, 1.807) is 86.5 Å². The number of pyridine rings is 2. The lowest BCUT2D eigenvalue weighted by Gasteiger charge is -2.21. The van der Waals surface area contributed by atoms with Gasteiger partial charge in [-0.1, -0.05) is 12.0 Å². The molecule has 62 heavy (non-hydrogen) atoms. The van der Waals surface area contributed by atoms with Crippen LogP contribution in [0.4, 0.5) is 23.0 Å². The fraction of sp³-hybridized carbons (Fsp3) is 0.174. The van der Waals surface area contributed by atoms with Crippen molar-refractivity contribution in [1.82, 2.24) is 49.0 Å². The Labute approximate surface area is 358 Å². The molecule has 0 aliphatic heterocycles. The van der Waals surface area contributed by atoms with E-state index in [1.165, 1.54) is 6.08 Å². The molecule has 2 amide bonds. The van der Waals surface area contributed by atoms with Crippen LogP contribution >= 0.6 is 0 Å². The number of imidazole rings is 2. The van der Waals surface area contributed by atoms with E-state index in [2.05, 4.69) is 115 Å². The van der Waals surface area contributed by atoms with Gasteiger partial charge in [-0.15, -0.1) is 0 Å². The molecule has 310 valence electrons. The van der Waals surface area contributed by atoms with Gasteiger partial charge in [-0.25, -0.2) is 19.9 Å². The topological polar surface area (TPSA) is 195 Å². The van der Waals surface area contributed by atoms with Crippen LogP contribution in [0.15, 0.2) is 129 Å². The van der Waals surface area contributed by atoms with Gasteiger partial charge in [-0.2, -0.15) is 0 Å². The Hall–Kier alpha value is -8.32. The number of carbonyl (C=O) groups excluding carboxylic acids is 2. The predicted octanol–water partition coefficient (Wildman–Crippen LogP) is 7.48. The first kappa shape index (κ1) is 41.8. The van der Waals surface area contributed by atoms with Crippen LogP contribution in [0.5, 0.6) is 0 Å². The first-order valence-electron chi connectivity index (χ1n) is 19.5. The first-order valence-corrected chi connectivity index (χ1v) is 19.5. The number of rotatable bonds is 8. The quantitative estimate of drug-likeness (QED) is 0.0873. The molecule has 16 heteroatoms. The van der Waals surface area contributed by atoms with Crippen molar-refractivity contribution >= 4 is 63.0 Å². The molecule has 0 fully saturated rings. The highest BCUT2D eigenvalue weighted by molar-refractivity contribution is 6.05. The van der Waals surface area contributed by atoms with Gasteiger partial charge in [0.05, 0.1) is 46.9 Å². The van der Waals surface area contributed by atoms with Gasteiger partial charge in [-0.3, -0.25) is 38.7 Å². The summed E-state index contributed by atoms with van der Waals surface area (Å²) in [5, 5.41) is 12.3. The molecule has 2 aromatic carbocycles. The summed E-state index contributed by atoms with van der Waals surface area (Å²) in [5.41, 5.74) is 5.70. The Bertz CT molecular complexity index is 2940. The third kappa shape index (κ3) is 11.4. The van der Waals surface area contributed by atoms with Gasteiger partial charge in [0.15, 0.2) is 11.6 Å². The second kappa shape index (κ2) is 18.3. The molecule has 6 aromatic heterocycles. The van der Waals surface area contributed by atoms with E-state index in [4.69, 9.17) is 0 Å². The summed E-state index contributed by atoms with van der Waals surface area (Å²) in [7, 11) is 0. The molecule has 0 unspecified atom stereocenters. The molecular weight excluding hydrogens is 781 g/mol. The highest BCUT2D eigenvalue weighted by Gasteiger charge is 2.15. The normalized spacial score (nSPS) is 11.3. The van der Waals surface area contributed by atoms with Gasteiger partial charge < -0.3 is 21.3 Å². The van der Waals surface area contributed by atoms with Crippen molar-refractivity contribution in [2.75, 3.05) is 21.3 Å². The van der Waals surface area contributed by atoms with Crippen molar-refractivity contribution in [2.24, 2.45) is 0 Å². The Morgan fingerprint density at radius 1 is 0.629 bits per heavy atom. The Kier molecular flexibility index (Phi) is 12.3. The summed E-state index contributed by atoms with van der Waals surface area (Å²) in [6.07, 6.45) is 19.9. The Balaban J connectivity index is 0.000000186. The fourth-order valence-electron chi connectivity index (χ4n) is 5.93. The molecule has 0 spiro atoms. The Morgan fingerprint density at radius 2 is 1.18 bits per heavy atom. The molecular formula is C46H44N14O2. The highest BCUT2D eigenvalue weighted by atomic mass is 16.2. The van der Waals surface area contributed by atoms with Crippen molar-refractivity contribution in [2.45, 2.75) is 52.6 Å². The molecule has 0 radical (unpaired) electrons. The molecule has 0 aliphatic rings. The molecule has 0 bridgehead atoms. The van der Waals surface area contributed by atoms with Gasteiger partial charge in [0, 0.05) is 64.8 Å². The number of benzene rings is 2. The van der Waals surface area contributed by atoms with E-state index in [-0.39, 0.29) is 17.0 Å². The minimum Gasteiger partial charge on any atom is -0.364 e. The number of fused-ring (bicyclic) bond motifs is 2. The van der Waals surface area contributed by atoms with Crippen molar-refractivity contribution in [3.8, 4) is 23.5 Å². The van der Waals surface area contributed by atoms with E-state index in [0.717, 1.165) is 27.6 Å². The number of aromatic nitrogens is 10. The number of nitrogens with one attached hydrogen (secondary N) is 4. The van der Waals surface area contributed by atoms with Crippen molar-refractivity contribution in [1.29, 1.82) is 0 Å². The summed E-state index contributed by atoms with van der Waals surface area (Å²) in [6.45, 7) is 12.4. The van der Waals surface area contributed by atoms with Crippen LogP contribution in [0.1, 0.15) is 52.7 Å². The van der Waals surface area contributed by atoms with E-state index in [0.29, 0.717) is 40.2 Å². The van der Waals surface area contributed by atoms with E-state index < -0.39 is 5.91 Å². The molecule has 16 nitrogen and oxygen atoms in total. The summed E-state index contributed by atoms with van der Waals surface area (Å²) >= 11 is 0. The maximum absolute atomic E-state index is 12.3. The van der Waals surface area contributed by atoms with Gasteiger partial charge in [0.1, 0.15) is 24.3 Å². The van der Waals surface area contributed by atoms with Crippen LogP contribution in [0.2, 0.25) is 0 Å². The molecule has 0 saturated carbocycles. The monoisotopic (exact) mass is 824 g/mol. The molecule has 0 atom stereocenters. The van der Waals surface area contributed by atoms with Crippen LogP contribution in [-0.4, -0.2) is 71.9 Å². The second-order valence-electron chi connectivity index (χ2n) is 16.0. The minimum atomic E-state index is -0.412. The molecule has 8 rings (SSSR count). The number of hydrogen-bond donors (Lipinski definition) is 4. The fourth-order valence-corrected chi connectivity index (χ4v) is 5.93. The third-order valence-electron chi connectivity index (χ3n) is 8.46. The molecule has 6 heterocycles. The summed E-state index contributed by atoms with van der Waals surface area (Å²) in [4.78, 5) is 59.3. The van der Waals surface area contributed by atoms with Gasteiger partial charge in [0.25, 0.3) is 0 Å². The lowest BCUT2D eigenvalue weighted by Crippen LogP contribution is -2.27. The maximum Gasteiger partial charge on any atom is 0.300 e. The van der Waals surface area contributed by atoms with Crippen LogP contribution in [0.3, 0.4) is 0 Å². The smallest absolute Gasteiger partial charge is 0.300 e. The standard InChI is InChI=1S/C23H23N7O.C23H21N7O/c2*1-23(2,3)29-20-13-25-14-21(28-20)30-15-26-18-8-7-17(11-19(18)30)27-22(31)9-6-16-5-4-10-24-12-16/h4-15H,1-3H3,(H,27,31)(H,28,29);4-5,7-8,10-15H,1-3H3,(H,27,31)(H,28,29)/b9-6-;. The second-order valence-corrected chi connectivity index (χ2v) is 16.0. The highest BCUT2D eigenvalue weighted by Crippen LogP contribution is 2.24. The Morgan fingerprint density at radius 3 is 1.69 bits per heavy atom. The minimum absolute atomic E-state index is 0.134.